The second-order valence-electron chi connectivity index (χ2n) is 6.69. The van der Waals surface area contributed by atoms with Gasteiger partial charge in [0.1, 0.15) is 0 Å². The van der Waals surface area contributed by atoms with Gasteiger partial charge in [-0.2, -0.15) is 0 Å². The second-order valence-corrected chi connectivity index (χ2v) is 6.69. The highest BCUT2D eigenvalue weighted by Crippen LogP contribution is 2.34. The Labute approximate surface area is 153 Å². The molecular weight excluding hydrogens is 330 g/mol. The Bertz CT molecular complexity index is 758. The highest BCUT2D eigenvalue weighted by molar-refractivity contribution is 5.91. The van der Waals surface area contributed by atoms with Crippen LogP contribution in [0.1, 0.15) is 6.42 Å². The summed E-state index contributed by atoms with van der Waals surface area (Å²) in [6, 6.07) is 16.0. The van der Waals surface area contributed by atoms with E-state index in [0.717, 1.165) is 44.2 Å². The minimum Gasteiger partial charge on any atom is -0.454 e. The molecule has 26 heavy (non-hydrogen) atoms. The molecule has 2 aliphatic heterocycles. The Morgan fingerprint density at radius 1 is 1.04 bits per heavy atom. The number of hydrogen-bond acceptors (Lipinski definition) is 4. The van der Waals surface area contributed by atoms with Crippen molar-refractivity contribution in [1.82, 2.24) is 0 Å². The molecule has 0 aromatic heterocycles. The van der Waals surface area contributed by atoms with Crippen LogP contribution in [-0.2, 0) is 4.79 Å². The van der Waals surface area contributed by atoms with Gasteiger partial charge in [-0.1, -0.05) is 18.2 Å². The lowest BCUT2D eigenvalue weighted by atomic mass is 10.2. The van der Waals surface area contributed by atoms with Crippen molar-refractivity contribution in [2.45, 2.75) is 6.42 Å². The van der Waals surface area contributed by atoms with Crippen LogP contribution in [0.5, 0.6) is 11.5 Å². The molecule has 4 rings (SSSR count). The molecule has 0 unspecified atom stereocenters. The number of fused-ring (bicyclic) bond motifs is 1. The first-order valence-corrected chi connectivity index (χ1v) is 9.11. The van der Waals surface area contributed by atoms with Gasteiger partial charge in [-0.3, -0.25) is 4.79 Å². The van der Waals surface area contributed by atoms with E-state index in [1.54, 1.807) is 0 Å². The summed E-state index contributed by atoms with van der Waals surface area (Å²) in [7, 11) is 0. The summed E-state index contributed by atoms with van der Waals surface area (Å²) in [6.45, 7) is 5.29. The zero-order valence-corrected chi connectivity index (χ0v) is 14.7. The summed E-state index contributed by atoms with van der Waals surface area (Å²) in [5, 5.41) is 2.95. The van der Waals surface area contributed by atoms with Gasteiger partial charge in [-0.15, -0.1) is 0 Å². The third-order valence-corrected chi connectivity index (χ3v) is 4.95. The van der Waals surface area contributed by atoms with E-state index < -0.39 is 0 Å². The fraction of sp³-hybridized carbons (Fsp3) is 0.350. The predicted molar refractivity (Wildman–Crippen MR) is 100 cm³/mol. The number of amides is 1. The first kappa shape index (κ1) is 16.7. The Hall–Kier alpha value is -2.73. The molecule has 0 radical (unpaired) electrons. The van der Waals surface area contributed by atoms with Crippen molar-refractivity contribution in [2.24, 2.45) is 0 Å². The molecule has 1 saturated heterocycles. The Morgan fingerprint density at radius 2 is 1.81 bits per heavy atom. The molecule has 0 bridgehead atoms. The number of quaternary nitrogens is 1. The van der Waals surface area contributed by atoms with Crippen LogP contribution in [0.4, 0.5) is 11.4 Å². The summed E-state index contributed by atoms with van der Waals surface area (Å²) < 4.78 is 10.6. The lowest BCUT2D eigenvalue weighted by Crippen LogP contribution is -3.15. The summed E-state index contributed by atoms with van der Waals surface area (Å²) >= 11 is 0. The molecule has 6 heteroatoms. The molecule has 0 saturated carbocycles. The van der Waals surface area contributed by atoms with Gasteiger partial charge in [0.05, 0.1) is 39.1 Å². The number of nitrogens with zero attached hydrogens (tertiary/aromatic N) is 1. The number of piperazine rings is 1. The number of anilines is 2. The minimum atomic E-state index is 0.0434. The average Bonchev–Trinajstić information content (AvgIpc) is 3.15. The molecule has 2 aliphatic rings. The minimum absolute atomic E-state index is 0.0434. The summed E-state index contributed by atoms with van der Waals surface area (Å²) in [5.74, 6) is 1.45. The molecule has 0 aliphatic carbocycles. The molecule has 2 N–H and O–H groups in total. The Morgan fingerprint density at radius 3 is 2.62 bits per heavy atom. The van der Waals surface area contributed by atoms with E-state index in [1.165, 1.54) is 10.6 Å². The molecule has 2 heterocycles. The summed E-state index contributed by atoms with van der Waals surface area (Å²) in [5.41, 5.74) is 2.04. The molecule has 1 amide bonds. The first-order valence-electron chi connectivity index (χ1n) is 9.11. The van der Waals surface area contributed by atoms with Gasteiger partial charge >= 0.3 is 0 Å². The first-order chi connectivity index (χ1) is 12.8. The number of rotatable bonds is 5. The van der Waals surface area contributed by atoms with Crippen molar-refractivity contribution in [3.63, 3.8) is 0 Å². The molecule has 2 aromatic rings. The molecule has 1 fully saturated rings. The fourth-order valence-electron chi connectivity index (χ4n) is 3.46. The molecule has 136 valence electrons. The van der Waals surface area contributed by atoms with Crippen LogP contribution in [0, 0.1) is 0 Å². The van der Waals surface area contributed by atoms with E-state index >= 15 is 0 Å². The van der Waals surface area contributed by atoms with Gasteiger partial charge in [0, 0.05) is 17.4 Å². The van der Waals surface area contributed by atoms with Crippen LogP contribution >= 0.6 is 0 Å². The van der Waals surface area contributed by atoms with Crippen molar-refractivity contribution in [1.29, 1.82) is 0 Å². The molecule has 2 aromatic carbocycles. The number of carbonyl (C=O) groups excluding carboxylic acids is 1. The van der Waals surface area contributed by atoms with Crippen molar-refractivity contribution >= 4 is 17.3 Å². The smallest absolute Gasteiger partial charge is 0.231 e. The van der Waals surface area contributed by atoms with Crippen molar-refractivity contribution in [2.75, 3.05) is 49.7 Å². The third-order valence-electron chi connectivity index (χ3n) is 4.95. The number of hydrogen-bond donors (Lipinski definition) is 2. The maximum absolute atomic E-state index is 12.2. The normalized spacial score (nSPS) is 16.5. The van der Waals surface area contributed by atoms with Crippen LogP contribution in [0.2, 0.25) is 0 Å². The Kier molecular flexibility index (Phi) is 4.93. The zero-order valence-electron chi connectivity index (χ0n) is 14.7. The molecule has 6 nitrogen and oxygen atoms in total. The van der Waals surface area contributed by atoms with Gasteiger partial charge in [-0.05, 0) is 24.3 Å². The van der Waals surface area contributed by atoms with E-state index in [0.29, 0.717) is 12.2 Å². The number of carbonyl (C=O) groups is 1. The summed E-state index contributed by atoms with van der Waals surface area (Å²) in [6.07, 6.45) is 0.523. The van der Waals surface area contributed by atoms with E-state index in [-0.39, 0.29) is 12.7 Å². The lowest BCUT2D eigenvalue weighted by Gasteiger charge is -2.33. The zero-order chi connectivity index (χ0) is 17.8. The molecular formula is C20H24N3O3+. The van der Waals surface area contributed by atoms with E-state index in [1.807, 2.05) is 24.3 Å². The fourth-order valence-corrected chi connectivity index (χ4v) is 3.46. The molecule has 0 spiro atoms. The van der Waals surface area contributed by atoms with E-state index in [9.17, 15) is 4.79 Å². The highest BCUT2D eigenvalue weighted by atomic mass is 16.7. The van der Waals surface area contributed by atoms with Gasteiger partial charge in [-0.25, -0.2) is 0 Å². The lowest BCUT2D eigenvalue weighted by molar-refractivity contribution is -0.900. The quantitative estimate of drug-likeness (QED) is 0.846. The van der Waals surface area contributed by atoms with Crippen molar-refractivity contribution in [3.8, 4) is 11.5 Å². The van der Waals surface area contributed by atoms with Crippen LogP contribution in [0.15, 0.2) is 48.5 Å². The topological polar surface area (TPSA) is 55.2 Å². The van der Waals surface area contributed by atoms with Crippen LogP contribution < -0.4 is 24.6 Å². The predicted octanol–water partition coefficient (Wildman–Crippen LogP) is 1.15. The maximum atomic E-state index is 12.2. The van der Waals surface area contributed by atoms with Gasteiger partial charge < -0.3 is 24.6 Å². The maximum Gasteiger partial charge on any atom is 0.231 e. The van der Waals surface area contributed by atoms with Gasteiger partial charge in [0.2, 0.25) is 12.7 Å². The van der Waals surface area contributed by atoms with E-state index in [4.69, 9.17) is 9.47 Å². The number of nitrogens with one attached hydrogen (secondary N) is 2. The largest absolute Gasteiger partial charge is 0.454 e. The number of para-hydroxylation sites is 1. The van der Waals surface area contributed by atoms with Crippen molar-refractivity contribution < 1.29 is 19.2 Å². The van der Waals surface area contributed by atoms with Gasteiger partial charge in [0.15, 0.2) is 11.5 Å². The monoisotopic (exact) mass is 354 g/mol. The average molecular weight is 354 g/mol. The SMILES string of the molecule is O=C(CC[NH+]1CCN(c2ccccc2)CC1)Nc1ccc2c(c1)OCO2. The second kappa shape index (κ2) is 7.66. The van der Waals surface area contributed by atoms with Gasteiger partial charge in [0.25, 0.3) is 0 Å². The molecule has 0 atom stereocenters. The van der Waals surface area contributed by atoms with Crippen molar-refractivity contribution in [3.05, 3.63) is 48.5 Å². The Balaban J connectivity index is 1.22. The highest BCUT2D eigenvalue weighted by Gasteiger charge is 2.21. The van der Waals surface area contributed by atoms with Crippen LogP contribution in [-0.4, -0.2) is 45.4 Å². The number of benzene rings is 2. The summed E-state index contributed by atoms with van der Waals surface area (Å²) in [4.78, 5) is 16.1. The van der Waals surface area contributed by atoms with Crippen LogP contribution in [0.3, 0.4) is 0 Å². The number of ether oxygens (including phenoxy) is 2. The van der Waals surface area contributed by atoms with E-state index in [2.05, 4.69) is 34.5 Å². The standard InChI is InChI=1S/C20H23N3O3/c24-20(21-16-6-7-18-19(14-16)26-15-25-18)8-9-22-10-12-23(13-11-22)17-4-2-1-3-5-17/h1-7,14H,8-13,15H2,(H,21,24)/p+1. The third kappa shape index (κ3) is 3.91. The van der Waals surface area contributed by atoms with Crippen LogP contribution in [0.25, 0.3) is 0 Å².